The number of aliphatic hydroxyl groups excluding tert-OH is 2. The molecule has 2 atom stereocenters. The van der Waals surface area contributed by atoms with Crippen molar-refractivity contribution in [3.8, 4) is 0 Å². The predicted molar refractivity (Wildman–Crippen MR) is 89.8 cm³/mol. The lowest BCUT2D eigenvalue weighted by molar-refractivity contribution is -0.133. The number of Topliss-reactive ketones (excluding diaryl/α,β-unsaturated/α-hetero) is 1. The summed E-state index contributed by atoms with van der Waals surface area (Å²) in [5.74, 6) is -0.319. The Hall–Kier alpha value is -2.49. The van der Waals surface area contributed by atoms with Gasteiger partial charge in [0.15, 0.2) is 5.78 Å². The smallest absolute Gasteiger partial charge is 0.168 e. The lowest BCUT2D eigenvalue weighted by Gasteiger charge is -2.27. The second-order valence-electron chi connectivity index (χ2n) is 6.33. The van der Waals surface area contributed by atoms with Gasteiger partial charge in [-0.3, -0.25) is 4.79 Å². The van der Waals surface area contributed by atoms with Gasteiger partial charge in [-0.25, -0.2) is 0 Å². The number of fused-ring (bicyclic) bond motifs is 2. The van der Waals surface area contributed by atoms with Crippen molar-refractivity contribution in [3.05, 3.63) is 59.7 Å². The third kappa shape index (κ3) is 1.58. The Labute approximate surface area is 132 Å². The number of benzene rings is 4. The van der Waals surface area contributed by atoms with Gasteiger partial charge in [-0.05, 0) is 49.5 Å². The van der Waals surface area contributed by atoms with E-state index in [-0.39, 0.29) is 12.2 Å². The lowest BCUT2D eigenvalue weighted by atomic mass is 9.81. The van der Waals surface area contributed by atoms with Gasteiger partial charge in [0, 0.05) is 6.42 Å². The van der Waals surface area contributed by atoms with Crippen LogP contribution in [-0.2, 0) is 11.2 Å². The molecule has 4 aromatic carbocycles. The summed E-state index contributed by atoms with van der Waals surface area (Å²) in [6.45, 7) is 0. The highest BCUT2D eigenvalue weighted by Crippen LogP contribution is 2.41. The second-order valence-corrected chi connectivity index (χ2v) is 6.33. The van der Waals surface area contributed by atoms with Crippen molar-refractivity contribution in [1.82, 2.24) is 0 Å². The van der Waals surface area contributed by atoms with Crippen LogP contribution in [0.4, 0.5) is 0 Å². The Morgan fingerprint density at radius 1 is 0.826 bits per heavy atom. The van der Waals surface area contributed by atoms with Gasteiger partial charge < -0.3 is 10.2 Å². The summed E-state index contributed by atoms with van der Waals surface area (Å²) in [5.41, 5.74) is 1.52. The summed E-state index contributed by atoms with van der Waals surface area (Å²) < 4.78 is 0. The van der Waals surface area contributed by atoms with E-state index in [1.165, 1.54) is 16.2 Å². The summed E-state index contributed by atoms with van der Waals surface area (Å²) >= 11 is 0. The molecule has 0 heterocycles. The van der Waals surface area contributed by atoms with Gasteiger partial charge >= 0.3 is 0 Å². The minimum absolute atomic E-state index is 0.168. The molecular weight excluding hydrogens is 288 g/mol. The maximum absolute atomic E-state index is 12.0. The second kappa shape index (κ2) is 4.28. The third-order valence-electron chi connectivity index (χ3n) is 5.09. The van der Waals surface area contributed by atoms with Crippen LogP contribution in [0.2, 0.25) is 0 Å². The van der Waals surface area contributed by atoms with Crippen LogP contribution in [0.25, 0.3) is 32.3 Å². The van der Waals surface area contributed by atoms with E-state index in [4.69, 9.17) is 0 Å². The van der Waals surface area contributed by atoms with E-state index in [2.05, 4.69) is 24.3 Å². The van der Waals surface area contributed by atoms with Gasteiger partial charge in [0.2, 0.25) is 0 Å². The summed E-state index contributed by atoms with van der Waals surface area (Å²) in [6, 6.07) is 16.3. The molecule has 0 saturated heterocycles. The molecule has 112 valence electrons. The van der Waals surface area contributed by atoms with Crippen molar-refractivity contribution in [2.75, 3.05) is 0 Å². The molecule has 0 unspecified atom stereocenters. The van der Waals surface area contributed by atoms with Gasteiger partial charge in [0.1, 0.15) is 12.2 Å². The molecule has 5 rings (SSSR count). The third-order valence-corrected chi connectivity index (χ3v) is 5.09. The first kappa shape index (κ1) is 13.0. The van der Waals surface area contributed by atoms with Crippen molar-refractivity contribution in [2.24, 2.45) is 0 Å². The number of hydrogen-bond acceptors (Lipinski definition) is 3. The van der Waals surface area contributed by atoms with Crippen LogP contribution in [0.1, 0.15) is 17.2 Å². The summed E-state index contributed by atoms with van der Waals surface area (Å²) in [6.07, 6.45) is -2.30. The highest BCUT2D eigenvalue weighted by molar-refractivity contribution is 6.24. The first-order valence-electron chi connectivity index (χ1n) is 7.73. The molecule has 1 aliphatic rings. The van der Waals surface area contributed by atoms with Crippen molar-refractivity contribution >= 4 is 38.1 Å². The van der Waals surface area contributed by atoms with Crippen LogP contribution in [0.3, 0.4) is 0 Å². The minimum atomic E-state index is -1.32. The molecule has 0 fully saturated rings. The van der Waals surface area contributed by atoms with Gasteiger partial charge in [-0.15, -0.1) is 0 Å². The van der Waals surface area contributed by atoms with Crippen LogP contribution in [0, 0.1) is 0 Å². The average Bonchev–Trinajstić information content (AvgIpc) is 2.58. The van der Waals surface area contributed by atoms with Crippen LogP contribution in [-0.4, -0.2) is 22.1 Å². The summed E-state index contributed by atoms with van der Waals surface area (Å²) in [7, 11) is 0. The first-order valence-corrected chi connectivity index (χ1v) is 7.73. The molecule has 0 aliphatic heterocycles. The Kier molecular flexibility index (Phi) is 2.42. The molecule has 1 aliphatic carbocycles. The van der Waals surface area contributed by atoms with E-state index in [1.54, 1.807) is 0 Å². The summed E-state index contributed by atoms with van der Waals surface area (Å²) in [5, 5.41) is 26.9. The Morgan fingerprint density at radius 3 is 2.30 bits per heavy atom. The van der Waals surface area contributed by atoms with Gasteiger partial charge in [0.05, 0.1) is 0 Å². The zero-order valence-electron chi connectivity index (χ0n) is 12.3. The van der Waals surface area contributed by atoms with Gasteiger partial charge in [-0.1, -0.05) is 42.5 Å². The molecule has 0 amide bonds. The van der Waals surface area contributed by atoms with Crippen LogP contribution >= 0.6 is 0 Å². The zero-order valence-corrected chi connectivity index (χ0v) is 12.3. The SMILES string of the molecule is O=C1Cc2c(cc3ccc4cccc5ccc2c3c45)[C@@H](O)[C@@H]1O. The standard InChI is InChI=1S/C20H14O3/c21-16-9-14-13-7-6-11-3-1-2-10-4-5-12(18(13)17(10)11)8-15(14)19(22)20(16)23/h1-8,19-20,22-23H,9H2/t19-,20-/m1/s1. The van der Waals surface area contributed by atoms with Crippen molar-refractivity contribution in [2.45, 2.75) is 18.6 Å². The van der Waals surface area contributed by atoms with Crippen LogP contribution in [0.15, 0.2) is 48.5 Å². The quantitative estimate of drug-likeness (QED) is 0.491. The summed E-state index contributed by atoms with van der Waals surface area (Å²) in [4.78, 5) is 12.0. The molecule has 2 N–H and O–H groups in total. The highest BCUT2D eigenvalue weighted by atomic mass is 16.3. The zero-order chi connectivity index (χ0) is 15.7. The van der Waals surface area contributed by atoms with E-state index in [9.17, 15) is 15.0 Å². The molecule has 4 aromatic rings. The number of carbonyl (C=O) groups is 1. The van der Waals surface area contributed by atoms with E-state index in [1.807, 2.05) is 24.3 Å². The van der Waals surface area contributed by atoms with Crippen LogP contribution < -0.4 is 0 Å². The minimum Gasteiger partial charge on any atom is -0.385 e. The molecule has 23 heavy (non-hydrogen) atoms. The number of hydrogen-bond donors (Lipinski definition) is 2. The van der Waals surface area contributed by atoms with E-state index in [0.717, 1.165) is 21.7 Å². The monoisotopic (exact) mass is 302 g/mol. The van der Waals surface area contributed by atoms with E-state index >= 15 is 0 Å². The topological polar surface area (TPSA) is 57.5 Å². The fourth-order valence-corrected chi connectivity index (χ4v) is 3.98. The largest absolute Gasteiger partial charge is 0.385 e. The average molecular weight is 302 g/mol. The number of aliphatic hydroxyl groups is 2. The predicted octanol–water partition coefficient (Wildman–Crippen LogP) is 3.10. The van der Waals surface area contributed by atoms with Crippen molar-refractivity contribution in [1.29, 1.82) is 0 Å². The fraction of sp³-hybridized carbons (Fsp3) is 0.150. The molecule has 0 spiro atoms. The number of rotatable bonds is 0. The highest BCUT2D eigenvalue weighted by Gasteiger charge is 2.34. The van der Waals surface area contributed by atoms with Gasteiger partial charge in [-0.2, -0.15) is 0 Å². The normalized spacial score (nSPS) is 21.4. The molecule has 0 aromatic heterocycles. The Balaban J connectivity index is 2.01. The molecular formula is C20H14O3. The molecule has 0 bridgehead atoms. The van der Waals surface area contributed by atoms with Crippen LogP contribution in [0.5, 0.6) is 0 Å². The molecule has 0 saturated carbocycles. The van der Waals surface area contributed by atoms with E-state index in [0.29, 0.717) is 5.56 Å². The van der Waals surface area contributed by atoms with E-state index < -0.39 is 12.2 Å². The first-order chi connectivity index (χ1) is 11.1. The molecule has 3 nitrogen and oxygen atoms in total. The maximum Gasteiger partial charge on any atom is 0.168 e. The number of ketones is 1. The van der Waals surface area contributed by atoms with Crippen molar-refractivity contribution in [3.63, 3.8) is 0 Å². The lowest BCUT2D eigenvalue weighted by Crippen LogP contribution is -2.34. The molecule has 3 heteroatoms. The van der Waals surface area contributed by atoms with Gasteiger partial charge in [0.25, 0.3) is 0 Å². The molecule has 0 radical (unpaired) electrons. The number of carbonyl (C=O) groups excluding carboxylic acids is 1. The Bertz CT molecular complexity index is 1080. The Morgan fingerprint density at radius 2 is 1.52 bits per heavy atom. The fourth-order valence-electron chi connectivity index (χ4n) is 3.98. The van der Waals surface area contributed by atoms with Crippen molar-refractivity contribution < 1.29 is 15.0 Å². The maximum atomic E-state index is 12.0.